The standard InChI is InChI=1S/C12H18N2/c1-8-5-6-11-10(3)13-7-14(4)12(11)9(8)2/h5-10H,1-4H3/p+1/t8?,9-,10?/m1/s1. The SMILES string of the molecule is CC1NC=[N+](C)C2=C1C=CC(C)[C@H]2C. The zero-order valence-corrected chi connectivity index (χ0v) is 9.41. The van der Waals surface area contributed by atoms with E-state index in [1.807, 2.05) is 0 Å². The molecule has 0 aromatic heterocycles. The van der Waals surface area contributed by atoms with Crippen molar-refractivity contribution >= 4 is 6.34 Å². The molecule has 2 nitrogen and oxygen atoms in total. The van der Waals surface area contributed by atoms with E-state index in [4.69, 9.17) is 0 Å². The van der Waals surface area contributed by atoms with Crippen molar-refractivity contribution in [2.45, 2.75) is 26.8 Å². The van der Waals surface area contributed by atoms with Crippen molar-refractivity contribution in [2.24, 2.45) is 11.8 Å². The molecule has 2 aliphatic rings. The minimum atomic E-state index is 0.451. The summed E-state index contributed by atoms with van der Waals surface area (Å²) in [5.74, 6) is 1.27. The maximum Gasteiger partial charge on any atom is 0.237 e. The van der Waals surface area contributed by atoms with Crippen molar-refractivity contribution in [1.82, 2.24) is 5.32 Å². The van der Waals surface area contributed by atoms with Crippen LogP contribution in [0.4, 0.5) is 0 Å². The molecule has 0 radical (unpaired) electrons. The third-order valence-corrected chi connectivity index (χ3v) is 3.46. The lowest BCUT2D eigenvalue weighted by atomic mass is 9.82. The normalized spacial score (nSPS) is 36.3. The first-order chi connectivity index (χ1) is 6.61. The highest BCUT2D eigenvalue weighted by Crippen LogP contribution is 2.32. The van der Waals surface area contributed by atoms with Gasteiger partial charge in [0.2, 0.25) is 6.34 Å². The summed E-state index contributed by atoms with van der Waals surface area (Å²) in [7, 11) is 2.12. The van der Waals surface area contributed by atoms with E-state index < -0.39 is 0 Å². The van der Waals surface area contributed by atoms with E-state index in [0.717, 1.165) is 0 Å². The summed E-state index contributed by atoms with van der Waals surface area (Å²) < 4.78 is 2.22. The van der Waals surface area contributed by atoms with Gasteiger partial charge in [0.15, 0.2) is 0 Å². The van der Waals surface area contributed by atoms with E-state index in [0.29, 0.717) is 17.9 Å². The highest BCUT2D eigenvalue weighted by molar-refractivity contribution is 5.54. The van der Waals surface area contributed by atoms with Gasteiger partial charge in [-0.05, 0) is 12.8 Å². The Bertz CT molecular complexity index is 336. The number of nitrogens with zero attached hydrogens (tertiary/aromatic N) is 1. The lowest BCUT2D eigenvalue weighted by molar-refractivity contribution is -0.453. The maximum absolute atomic E-state index is 3.36. The van der Waals surface area contributed by atoms with Crippen LogP contribution in [0.1, 0.15) is 20.8 Å². The summed E-state index contributed by atoms with van der Waals surface area (Å²) >= 11 is 0. The molecule has 14 heavy (non-hydrogen) atoms. The number of hydrogen-bond acceptors (Lipinski definition) is 1. The van der Waals surface area contributed by atoms with Crippen molar-refractivity contribution in [3.05, 3.63) is 23.4 Å². The molecule has 2 unspecified atom stereocenters. The van der Waals surface area contributed by atoms with Gasteiger partial charge in [-0.1, -0.05) is 26.0 Å². The molecule has 0 fully saturated rings. The first-order valence-electron chi connectivity index (χ1n) is 5.35. The van der Waals surface area contributed by atoms with Crippen LogP contribution in [0.3, 0.4) is 0 Å². The quantitative estimate of drug-likeness (QED) is 0.576. The molecule has 2 heteroatoms. The van der Waals surface area contributed by atoms with Gasteiger partial charge in [0.05, 0.1) is 7.05 Å². The predicted molar refractivity (Wildman–Crippen MR) is 59.3 cm³/mol. The third-order valence-electron chi connectivity index (χ3n) is 3.46. The van der Waals surface area contributed by atoms with Gasteiger partial charge in [-0.3, -0.25) is 5.32 Å². The molecular weight excluding hydrogens is 172 g/mol. The van der Waals surface area contributed by atoms with Crippen LogP contribution in [0, 0.1) is 11.8 Å². The molecule has 1 heterocycles. The van der Waals surface area contributed by atoms with E-state index in [9.17, 15) is 0 Å². The second-order valence-electron chi connectivity index (χ2n) is 4.48. The number of rotatable bonds is 0. The Morgan fingerprint density at radius 3 is 2.71 bits per heavy atom. The van der Waals surface area contributed by atoms with Crippen molar-refractivity contribution in [1.29, 1.82) is 0 Å². The van der Waals surface area contributed by atoms with Crippen LogP contribution >= 0.6 is 0 Å². The minimum Gasteiger partial charge on any atom is -0.274 e. The molecule has 0 bridgehead atoms. The maximum atomic E-state index is 3.36. The molecule has 0 spiro atoms. The Kier molecular flexibility index (Phi) is 2.22. The molecule has 0 aromatic rings. The van der Waals surface area contributed by atoms with Crippen LogP contribution in [-0.2, 0) is 0 Å². The Labute approximate surface area is 86.0 Å². The minimum absolute atomic E-state index is 0.451. The molecule has 76 valence electrons. The van der Waals surface area contributed by atoms with Gasteiger partial charge in [0.1, 0.15) is 11.7 Å². The largest absolute Gasteiger partial charge is 0.274 e. The zero-order chi connectivity index (χ0) is 10.3. The molecular formula is C12H19N2+. The number of allylic oxidation sites excluding steroid dienone is 2. The van der Waals surface area contributed by atoms with Gasteiger partial charge < -0.3 is 0 Å². The summed E-state index contributed by atoms with van der Waals surface area (Å²) in [4.78, 5) is 0. The second-order valence-corrected chi connectivity index (χ2v) is 4.48. The molecule has 1 N–H and O–H groups in total. The number of nitrogens with one attached hydrogen (secondary N) is 1. The van der Waals surface area contributed by atoms with Crippen molar-refractivity contribution in [3.63, 3.8) is 0 Å². The van der Waals surface area contributed by atoms with Gasteiger partial charge >= 0.3 is 0 Å². The van der Waals surface area contributed by atoms with E-state index >= 15 is 0 Å². The van der Waals surface area contributed by atoms with Crippen LogP contribution in [0.5, 0.6) is 0 Å². The zero-order valence-electron chi connectivity index (χ0n) is 9.41. The highest BCUT2D eigenvalue weighted by Gasteiger charge is 2.31. The molecule has 0 saturated carbocycles. The van der Waals surface area contributed by atoms with Gasteiger partial charge in [-0.25, -0.2) is 4.58 Å². The molecule has 3 atom stereocenters. The molecule has 0 aromatic carbocycles. The summed E-state index contributed by atoms with van der Waals surface area (Å²) in [6.07, 6.45) is 6.67. The Hall–Kier alpha value is -1.05. The summed E-state index contributed by atoms with van der Waals surface area (Å²) in [6, 6.07) is 0.451. The van der Waals surface area contributed by atoms with Gasteiger partial charge in [0, 0.05) is 11.5 Å². The highest BCUT2D eigenvalue weighted by atomic mass is 15.1. The summed E-state index contributed by atoms with van der Waals surface area (Å²) in [5, 5.41) is 3.36. The average molecular weight is 191 g/mol. The van der Waals surface area contributed by atoms with E-state index in [-0.39, 0.29) is 0 Å². The lowest BCUT2D eigenvalue weighted by Crippen LogP contribution is -2.39. The molecule has 0 saturated heterocycles. The lowest BCUT2D eigenvalue weighted by Gasteiger charge is -2.29. The van der Waals surface area contributed by atoms with E-state index in [1.54, 1.807) is 0 Å². The second kappa shape index (κ2) is 3.26. The molecule has 1 aliphatic carbocycles. The fraction of sp³-hybridized carbons (Fsp3) is 0.583. The van der Waals surface area contributed by atoms with Crippen LogP contribution in [0.15, 0.2) is 23.4 Å². The van der Waals surface area contributed by atoms with Gasteiger partial charge in [-0.2, -0.15) is 0 Å². The van der Waals surface area contributed by atoms with Crippen molar-refractivity contribution < 1.29 is 4.58 Å². The monoisotopic (exact) mass is 191 g/mol. The van der Waals surface area contributed by atoms with Crippen LogP contribution in [0.2, 0.25) is 0 Å². The number of hydrogen-bond donors (Lipinski definition) is 1. The Morgan fingerprint density at radius 2 is 2.00 bits per heavy atom. The molecule has 0 amide bonds. The first kappa shape index (κ1) is 9.50. The van der Waals surface area contributed by atoms with E-state index in [1.165, 1.54) is 11.3 Å². The Morgan fingerprint density at radius 1 is 1.29 bits per heavy atom. The van der Waals surface area contributed by atoms with Crippen molar-refractivity contribution in [2.75, 3.05) is 7.05 Å². The predicted octanol–water partition coefficient (Wildman–Crippen LogP) is 1.74. The van der Waals surface area contributed by atoms with Crippen LogP contribution in [0.25, 0.3) is 0 Å². The van der Waals surface area contributed by atoms with Crippen LogP contribution in [-0.4, -0.2) is 24.0 Å². The third kappa shape index (κ3) is 1.29. The van der Waals surface area contributed by atoms with Gasteiger partial charge in [-0.15, -0.1) is 0 Å². The first-order valence-corrected chi connectivity index (χ1v) is 5.35. The Balaban J connectivity index is 2.46. The van der Waals surface area contributed by atoms with Gasteiger partial charge in [0.25, 0.3) is 0 Å². The fourth-order valence-electron chi connectivity index (χ4n) is 2.29. The van der Waals surface area contributed by atoms with Crippen molar-refractivity contribution in [3.8, 4) is 0 Å². The van der Waals surface area contributed by atoms with E-state index in [2.05, 4.69) is 56.2 Å². The molecule has 1 aliphatic heterocycles. The topological polar surface area (TPSA) is 15.0 Å². The fourth-order valence-corrected chi connectivity index (χ4v) is 2.29. The smallest absolute Gasteiger partial charge is 0.237 e. The van der Waals surface area contributed by atoms with Crippen LogP contribution < -0.4 is 5.32 Å². The average Bonchev–Trinajstić information content (AvgIpc) is 2.16. The summed E-state index contributed by atoms with van der Waals surface area (Å²) in [5.41, 5.74) is 2.92. The molecule has 2 rings (SSSR count). The summed E-state index contributed by atoms with van der Waals surface area (Å²) in [6.45, 7) is 6.81.